The molecule has 4 aromatic rings. The number of hydrogen-bond acceptors (Lipinski definition) is 7. The molecule has 1 aliphatic rings. The lowest BCUT2D eigenvalue weighted by Gasteiger charge is -2.34. The Morgan fingerprint density at radius 2 is 1.61 bits per heavy atom. The van der Waals surface area contributed by atoms with E-state index >= 15 is 0 Å². The number of aryl methyl sites for hydroxylation is 1. The van der Waals surface area contributed by atoms with Crippen molar-refractivity contribution in [2.75, 3.05) is 43.1 Å². The van der Waals surface area contributed by atoms with Crippen LogP contribution in [0.1, 0.15) is 5.56 Å². The van der Waals surface area contributed by atoms with Crippen LogP contribution in [0.5, 0.6) is 5.75 Å². The van der Waals surface area contributed by atoms with E-state index in [1.54, 1.807) is 35.8 Å². The Labute approximate surface area is 170 Å². The third kappa shape index (κ3) is 2.87. The number of halogens is 1. The molecule has 0 amide bonds. The third-order valence-corrected chi connectivity index (χ3v) is 7.42. The maximum absolute atomic E-state index is 13.9. The van der Waals surface area contributed by atoms with E-state index in [4.69, 9.17) is 9.72 Å². The minimum atomic E-state index is -0.252. The lowest BCUT2D eigenvalue weighted by Crippen LogP contribution is -2.46. The normalized spacial score (nSPS) is 15.0. The average molecular weight is 415 g/mol. The minimum absolute atomic E-state index is 0.252. The van der Waals surface area contributed by atoms with Crippen LogP contribution in [-0.2, 0) is 0 Å². The van der Waals surface area contributed by atoms with Crippen molar-refractivity contribution in [1.29, 1.82) is 0 Å². The van der Waals surface area contributed by atoms with Crippen molar-refractivity contribution in [1.82, 2.24) is 9.97 Å². The number of rotatable bonds is 3. The fourth-order valence-electron chi connectivity index (χ4n) is 3.53. The first-order valence-corrected chi connectivity index (χ1v) is 10.8. The molecule has 0 aliphatic carbocycles. The molecule has 0 atom stereocenters. The summed E-state index contributed by atoms with van der Waals surface area (Å²) in [4.78, 5) is 13.9. The molecule has 1 aliphatic heterocycles. The van der Waals surface area contributed by atoms with Gasteiger partial charge >= 0.3 is 0 Å². The Kier molecular flexibility index (Phi) is 4.32. The van der Waals surface area contributed by atoms with Crippen molar-refractivity contribution >= 4 is 53.4 Å². The number of hydrogen-bond donors (Lipinski definition) is 0. The van der Waals surface area contributed by atoms with Crippen LogP contribution in [0.2, 0.25) is 0 Å². The summed E-state index contributed by atoms with van der Waals surface area (Å²) in [6.07, 6.45) is 0. The van der Waals surface area contributed by atoms with Gasteiger partial charge in [0.15, 0.2) is 10.3 Å². The molecule has 28 heavy (non-hydrogen) atoms. The summed E-state index contributed by atoms with van der Waals surface area (Å²) in [7, 11) is 1.68. The smallest absolute Gasteiger partial charge is 0.186 e. The molecule has 8 heteroatoms. The molecule has 144 valence electrons. The molecule has 5 rings (SSSR count). The lowest BCUT2D eigenvalue weighted by molar-refractivity contribution is 0.419. The van der Waals surface area contributed by atoms with E-state index in [0.717, 1.165) is 52.4 Å². The van der Waals surface area contributed by atoms with Gasteiger partial charge in [0.1, 0.15) is 22.6 Å². The molecular formula is C20H19FN4OS2. The molecule has 3 heterocycles. The summed E-state index contributed by atoms with van der Waals surface area (Å²) in [5.41, 5.74) is 2.62. The number of benzene rings is 2. The van der Waals surface area contributed by atoms with Crippen LogP contribution in [-0.4, -0.2) is 43.3 Å². The van der Waals surface area contributed by atoms with E-state index in [2.05, 4.69) is 27.8 Å². The van der Waals surface area contributed by atoms with Crippen molar-refractivity contribution in [3.05, 3.63) is 41.7 Å². The van der Waals surface area contributed by atoms with Gasteiger partial charge in [-0.05, 0) is 30.7 Å². The number of thiazole rings is 2. The Bertz CT molecular complexity index is 1160. The van der Waals surface area contributed by atoms with Crippen molar-refractivity contribution in [3.63, 3.8) is 0 Å². The molecular weight excluding hydrogens is 395 g/mol. The van der Waals surface area contributed by atoms with E-state index in [0.29, 0.717) is 5.52 Å². The molecule has 2 aromatic heterocycles. The van der Waals surface area contributed by atoms with E-state index in [9.17, 15) is 4.39 Å². The fourth-order valence-corrected chi connectivity index (χ4v) is 5.66. The van der Waals surface area contributed by atoms with Gasteiger partial charge < -0.3 is 14.5 Å². The van der Waals surface area contributed by atoms with E-state index in [-0.39, 0.29) is 5.82 Å². The van der Waals surface area contributed by atoms with Crippen molar-refractivity contribution in [2.24, 2.45) is 0 Å². The highest BCUT2D eigenvalue weighted by molar-refractivity contribution is 7.22. The van der Waals surface area contributed by atoms with Crippen LogP contribution in [0.15, 0.2) is 30.3 Å². The van der Waals surface area contributed by atoms with Crippen LogP contribution in [0.25, 0.3) is 20.4 Å². The van der Waals surface area contributed by atoms with E-state index in [1.165, 1.54) is 16.3 Å². The minimum Gasteiger partial charge on any atom is -0.494 e. The molecule has 0 bridgehead atoms. The number of piperazine rings is 1. The zero-order chi connectivity index (χ0) is 19.3. The van der Waals surface area contributed by atoms with Crippen LogP contribution < -0.4 is 14.5 Å². The molecule has 2 aromatic carbocycles. The number of aromatic nitrogens is 2. The Morgan fingerprint density at radius 3 is 2.29 bits per heavy atom. The van der Waals surface area contributed by atoms with Gasteiger partial charge in [-0.1, -0.05) is 34.8 Å². The summed E-state index contributed by atoms with van der Waals surface area (Å²) in [6.45, 7) is 5.51. The number of methoxy groups -OCH3 is 1. The number of ether oxygens (including phenoxy) is 1. The average Bonchev–Trinajstić information content (AvgIpc) is 3.35. The second kappa shape index (κ2) is 6.86. The van der Waals surface area contributed by atoms with Gasteiger partial charge in [-0.3, -0.25) is 0 Å². The SMILES string of the molecule is COc1ccc(C)c2sc(N3CCN(c4nc5c(F)cccc5s4)CC3)nc12. The van der Waals surface area contributed by atoms with Gasteiger partial charge in [0.05, 0.1) is 16.5 Å². The molecule has 0 N–H and O–H groups in total. The number of fused-ring (bicyclic) bond motifs is 2. The molecule has 0 spiro atoms. The highest BCUT2D eigenvalue weighted by atomic mass is 32.1. The maximum Gasteiger partial charge on any atom is 0.186 e. The molecule has 1 fully saturated rings. The Morgan fingerprint density at radius 1 is 0.929 bits per heavy atom. The highest BCUT2D eigenvalue weighted by Crippen LogP contribution is 2.37. The van der Waals surface area contributed by atoms with Gasteiger partial charge in [0.25, 0.3) is 0 Å². The van der Waals surface area contributed by atoms with Crippen LogP contribution >= 0.6 is 22.7 Å². The third-order valence-electron chi connectivity index (χ3n) is 5.09. The van der Waals surface area contributed by atoms with Crippen molar-refractivity contribution in [3.8, 4) is 5.75 Å². The van der Waals surface area contributed by atoms with Gasteiger partial charge in [-0.2, -0.15) is 0 Å². The predicted molar refractivity (Wildman–Crippen MR) is 115 cm³/mol. The summed E-state index contributed by atoms with van der Waals surface area (Å²) >= 11 is 3.27. The molecule has 0 radical (unpaired) electrons. The maximum atomic E-state index is 13.9. The largest absolute Gasteiger partial charge is 0.494 e. The van der Waals surface area contributed by atoms with Crippen LogP contribution in [0, 0.1) is 12.7 Å². The predicted octanol–water partition coefficient (Wildman–Crippen LogP) is 4.69. The number of nitrogens with zero attached hydrogens (tertiary/aromatic N) is 4. The van der Waals surface area contributed by atoms with Gasteiger partial charge in [0.2, 0.25) is 0 Å². The first-order valence-electron chi connectivity index (χ1n) is 9.13. The summed E-state index contributed by atoms with van der Waals surface area (Å²) < 4.78 is 21.5. The van der Waals surface area contributed by atoms with E-state index in [1.807, 2.05) is 12.1 Å². The molecule has 1 saturated heterocycles. The second-order valence-electron chi connectivity index (χ2n) is 6.82. The first-order chi connectivity index (χ1) is 13.6. The van der Waals surface area contributed by atoms with Crippen molar-refractivity contribution in [2.45, 2.75) is 6.92 Å². The molecule has 0 unspecified atom stereocenters. The Balaban J connectivity index is 1.37. The zero-order valence-electron chi connectivity index (χ0n) is 15.6. The van der Waals surface area contributed by atoms with Crippen LogP contribution in [0.3, 0.4) is 0 Å². The topological polar surface area (TPSA) is 41.5 Å². The van der Waals surface area contributed by atoms with E-state index < -0.39 is 0 Å². The fraction of sp³-hybridized carbons (Fsp3) is 0.300. The number of anilines is 2. The van der Waals surface area contributed by atoms with Crippen LogP contribution in [0.4, 0.5) is 14.7 Å². The summed E-state index contributed by atoms with van der Waals surface area (Å²) in [5, 5.41) is 1.92. The summed E-state index contributed by atoms with van der Waals surface area (Å²) in [5.74, 6) is 0.565. The molecule has 0 saturated carbocycles. The Hall–Kier alpha value is -2.45. The second-order valence-corrected chi connectivity index (χ2v) is 8.80. The quantitative estimate of drug-likeness (QED) is 0.487. The highest BCUT2D eigenvalue weighted by Gasteiger charge is 2.23. The van der Waals surface area contributed by atoms with Gasteiger partial charge in [-0.15, -0.1) is 0 Å². The van der Waals surface area contributed by atoms with Gasteiger partial charge in [0, 0.05) is 26.2 Å². The molecule has 5 nitrogen and oxygen atoms in total. The lowest BCUT2D eigenvalue weighted by atomic mass is 10.2. The van der Waals surface area contributed by atoms with Gasteiger partial charge in [-0.25, -0.2) is 14.4 Å². The first kappa shape index (κ1) is 17.6. The zero-order valence-corrected chi connectivity index (χ0v) is 17.2. The standard InChI is InChI=1S/C20H19FN4OS2/c1-12-6-7-14(26-2)17-18(12)28-20(23-17)25-10-8-24(9-11-25)19-22-16-13(21)4-3-5-15(16)27-19/h3-7H,8-11H2,1-2H3. The summed E-state index contributed by atoms with van der Waals surface area (Å²) in [6, 6.07) is 9.18. The van der Waals surface area contributed by atoms with Crippen molar-refractivity contribution < 1.29 is 9.13 Å². The monoisotopic (exact) mass is 414 g/mol. The number of para-hydroxylation sites is 1.